The van der Waals surface area contributed by atoms with E-state index in [2.05, 4.69) is 21.1 Å². The van der Waals surface area contributed by atoms with Crippen molar-refractivity contribution in [3.05, 3.63) is 28.2 Å². The molecular weight excluding hydrogens is 316 g/mol. The minimum atomic E-state index is 0.131. The highest BCUT2D eigenvalue weighted by Crippen LogP contribution is 2.28. The maximum Gasteiger partial charge on any atom is 0.171 e. The second-order valence-corrected chi connectivity index (χ2v) is 6.05. The highest BCUT2D eigenvalue weighted by atomic mass is 79.9. The fourth-order valence-electron chi connectivity index (χ4n) is 1.84. The Morgan fingerprint density at radius 3 is 3.11 bits per heavy atom. The average Bonchev–Trinajstić information content (AvgIpc) is 2.89. The molecule has 0 aliphatic carbocycles. The predicted molar refractivity (Wildman–Crippen MR) is 76.4 cm³/mol. The standard InChI is InChI=1S/C12H15BrN2O2S/c13-8-3-4-11(10(6-8)12(14)15-16)18-7-9-2-1-5-17-9/h3-4,6,9,16H,1-2,5,7H2,(H2,14,15). The van der Waals surface area contributed by atoms with Gasteiger partial charge in [-0.25, -0.2) is 0 Å². The van der Waals surface area contributed by atoms with E-state index in [1.165, 1.54) is 0 Å². The quantitative estimate of drug-likeness (QED) is 0.293. The van der Waals surface area contributed by atoms with E-state index in [-0.39, 0.29) is 5.84 Å². The monoisotopic (exact) mass is 330 g/mol. The number of hydrogen-bond donors (Lipinski definition) is 2. The number of halogens is 1. The van der Waals surface area contributed by atoms with E-state index in [1.807, 2.05) is 18.2 Å². The van der Waals surface area contributed by atoms with E-state index >= 15 is 0 Å². The molecule has 98 valence electrons. The number of oxime groups is 1. The molecule has 1 aliphatic heterocycles. The van der Waals surface area contributed by atoms with Crippen LogP contribution in [-0.4, -0.2) is 29.5 Å². The van der Waals surface area contributed by atoms with Crippen LogP contribution in [0, 0.1) is 0 Å². The highest BCUT2D eigenvalue weighted by molar-refractivity contribution is 9.10. The van der Waals surface area contributed by atoms with Crippen molar-refractivity contribution < 1.29 is 9.94 Å². The SMILES string of the molecule is N/C(=N/O)c1cc(Br)ccc1SCC1CCCO1. The Hall–Kier alpha value is -0.720. The van der Waals surface area contributed by atoms with Crippen LogP contribution in [0.3, 0.4) is 0 Å². The van der Waals surface area contributed by atoms with Gasteiger partial charge in [-0.1, -0.05) is 21.1 Å². The van der Waals surface area contributed by atoms with Crippen molar-refractivity contribution in [2.24, 2.45) is 10.9 Å². The molecule has 0 saturated carbocycles. The van der Waals surface area contributed by atoms with Gasteiger partial charge < -0.3 is 15.7 Å². The third-order valence-corrected chi connectivity index (χ3v) is 4.47. The molecule has 1 aromatic rings. The van der Waals surface area contributed by atoms with E-state index in [0.29, 0.717) is 6.10 Å². The number of rotatable bonds is 4. The molecule has 4 nitrogen and oxygen atoms in total. The fraction of sp³-hybridized carbons (Fsp3) is 0.417. The molecule has 1 fully saturated rings. The molecule has 1 atom stereocenters. The van der Waals surface area contributed by atoms with E-state index in [0.717, 1.165) is 40.1 Å². The molecular formula is C12H15BrN2O2S. The Morgan fingerprint density at radius 1 is 1.61 bits per heavy atom. The number of amidine groups is 1. The first kappa shape index (κ1) is 13.7. The van der Waals surface area contributed by atoms with Crippen LogP contribution in [-0.2, 0) is 4.74 Å². The summed E-state index contributed by atoms with van der Waals surface area (Å²) in [7, 11) is 0. The van der Waals surface area contributed by atoms with Crippen LogP contribution in [0.4, 0.5) is 0 Å². The normalized spacial score (nSPS) is 20.3. The highest BCUT2D eigenvalue weighted by Gasteiger charge is 2.17. The molecule has 0 bridgehead atoms. The van der Waals surface area contributed by atoms with Crippen molar-refractivity contribution >= 4 is 33.5 Å². The Labute approximate surface area is 119 Å². The first-order valence-electron chi connectivity index (χ1n) is 5.72. The van der Waals surface area contributed by atoms with Crippen molar-refractivity contribution in [3.63, 3.8) is 0 Å². The summed E-state index contributed by atoms with van der Waals surface area (Å²) in [5.74, 6) is 1.03. The van der Waals surface area contributed by atoms with Crippen molar-refractivity contribution in [3.8, 4) is 0 Å². The van der Waals surface area contributed by atoms with Gasteiger partial charge in [-0.2, -0.15) is 0 Å². The van der Waals surface area contributed by atoms with E-state index < -0.39 is 0 Å². The molecule has 6 heteroatoms. The molecule has 18 heavy (non-hydrogen) atoms. The summed E-state index contributed by atoms with van der Waals surface area (Å²) in [6.07, 6.45) is 2.57. The molecule has 0 amide bonds. The van der Waals surface area contributed by atoms with Crippen LogP contribution in [0.25, 0.3) is 0 Å². The molecule has 2 rings (SSSR count). The van der Waals surface area contributed by atoms with E-state index in [9.17, 15) is 0 Å². The maximum atomic E-state index is 8.80. The molecule has 1 aromatic carbocycles. The van der Waals surface area contributed by atoms with Gasteiger partial charge in [0.2, 0.25) is 0 Å². The molecule has 1 saturated heterocycles. The lowest BCUT2D eigenvalue weighted by Gasteiger charge is -2.11. The Bertz CT molecular complexity index is 448. The van der Waals surface area contributed by atoms with Gasteiger partial charge in [0.15, 0.2) is 5.84 Å². The molecule has 0 spiro atoms. The first-order valence-corrected chi connectivity index (χ1v) is 7.50. The van der Waals surface area contributed by atoms with Crippen LogP contribution in [0.1, 0.15) is 18.4 Å². The summed E-state index contributed by atoms with van der Waals surface area (Å²) in [5.41, 5.74) is 6.43. The topological polar surface area (TPSA) is 67.8 Å². The fourth-order valence-corrected chi connectivity index (χ4v) is 3.31. The van der Waals surface area contributed by atoms with Crippen LogP contribution in [0.5, 0.6) is 0 Å². The summed E-state index contributed by atoms with van der Waals surface area (Å²) in [6.45, 7) is 0.860. The van der Waals surface area contributed by atoms with E-state index in [1.54, 1.807) is 11.8 Å². The number of nitrogens with two attached hydrogens (primary N) is 1. The second kappa shape index (κ2) is 6.45. The minimum Gasteiger partial charge on any atom is -0.409 e. The van der Waals surface area contributed by atoms with Crippen molar-refractivity contribution in [2.75, 3.05) is 12.4 Å². The molecule has 1 unspecified atom stereocenters. The van der Waals surface area contributed by atoms with Gasteiger partial charge in [0, 0.05) is 27.3 Å². The largest absolute Gasteiger partial charge is 0.409 e. The molecule has 3 N–H and O–H groups in total. The lowest BCUT2D eigenvalue weighted by molar-refractivity contribution is 0.129. The predicted octanol–water partition coefficient (Wildman–Crippen LogP) is 2.81. The van der Waals surface area contributed by atoms with Gasteiger partial charge in [-0.05, 0) is 31.0 Å². The first-order chi connectivity index (χ1) is 8.70. The van der Waals surface area contributed by atoms with Crippen LogP contribution >= 0.6 is 27.7 Å². The Kier molecular flexibility index (Phi) is 4.91. The smallest absolute Gasteiger partial charge is 0.171 e. The molecule has 0 radical (unpaired) electrons. The van der Waals surface area contributed by atoms with Gasteiger partial charge in [-0.3, -0.25) is 0 Å². The number of ether oxygens (including phenoxy) is 1. The van der Waals surface area contributed by atoms with E-state index in [4.69, 9.17) is 15.7 Å². The summed E-state index contributed by atoms with van der Waals surface area (Å²) in [4.78, 5) is 1.00. The Morgan fingerprint density at radius 2 is 2.44 bits per heavy atom. The van der Waals surface area contributed by atoms with Crippen LogP contribution in [0.2, 0.25) is 0 Å². The summed E-state index contributed by atoms with van der Waals surface area (Å²) >= 11 is 5.06. The zero-order chi connectivity index (χ0) is 13.0. The van der Waals surface area contributed by atoms with Crippen molar-refractivity contribution in [1.82, 2.24) is 0 Å². The average molecular weight is 331 g/mol. The minimum absolute atomic E-state index is 0.131. The lowest BCUT2D eigenvalue weighted by atomic mass is 10.2. The van der Waals surface area contributed by atoms with Crippen molar-refractivity contribution in [2.45, 2.75) is 23.8 Å². The third kappa shape index (κ3) is 3.40. The van der Waals surface area contributed by atoms with Crippen LogP contribution < -0.4 is 5.73 Å². The summed E-state index contributed by atoms with van der Waals surface area (Å²) < 4.78 is 6.49. The summed E-state index contributed by atoms with van der Waals surface area (Å²) in [6, 6.07) is 5.77. The van der Waals surface area contributed by atoms with Gasteiger partial charge in [-0.15, -0.1) is 11.8 Å². The number of benzene rings is 1. The zero-order valence-corrected chi connectivity index (χ0v) is 12.2. The van der Waals surface area contributed by atoms with Gasteiger partial charge in [0.1, 0.15) is 0 Å². The van der Waals surface area contributed by atoms with Crippen LogP contribution in [0.15, 0.2) is 32.7 Å². The lowest BCUT2D eigenvalue weighted by Crippen LogP contribution is -2.15. The zero-order valence-electron chi connectivity index (χ0n) is 9.80. The second-order valence-electron chi connectivity index (χ2n) is 4.07. The molecule has 1 aliphatic rings. The van der Waals surface area contributed by atoms with Gasteiger partial charge in [0.05, 0.1) is 6.10 Å². The Balaban J connectivity index is 2.10. The number of thioether (sulfide) groups is 1. The molecule has 1 heterocycles. The number of hydrogen-bond acceptors (Lipinski definition) is 4. The van der Waals surface area contributed by atoms with Gasteiger partial charge in [0.25, 0.3) is 0 Å². The third-order valence-electron chi connectivity index (χ3n) is 2.77. The number of nitrogens with zero attached hydrogens (tertiary/aromatic N) is 1. The molecule has 0 aromatic heterocycles. The summed E-state index contributed by atoms with van der Waals surface area (Å²) in [5, 5.41) is 11.9. The van der Waals surface area contributed by atoms with Crippen molar-refractivity contribution in [1.29, 1.82) is 0 Å². The van der Waals surface area contributed by atoms with Gasteiger partial charge >= 0.3 is 0 Å². The maximum absolute atomic E-state index is 8.80.